The smallest absolute Gasteiger partial charge is 0.166 e. The normalized spacial score (nSPS) is 16.0. The van der Waals surface area contributed by atoms with Gasteiger partial charge in [-0.1, -0.05) is 0 Å². The fourth-order valence-electron chi connectivity index (χ4n) is 2.00. The first-order chi connectivity index (χ1) is 6.24. The molecule has 0 saturated carbocycles. The Morgan fingerprint density at radius 2 is 2.23 bits per heavy atom. The average molecular weight is 178 g/mol. The molecule has 1 aromatic heterocycles. The molecule has 0 bridgehead atoms. The second kappa shape index (κ2) is 2.98. The van der Waals surface area contributed by atoms with E-state index in [0.717, 1.165) is 36.3 Å². The van der Waals surface area contributed by atoms with Crippen molar-refractivity contribution in [1.29, 1.82) is 0 Å². The van der Waals surface area contributed by atoms with Crippen molar-refractivity contribution in [1.82, 2.24) is 9.78 Å². The van der Waals surface area contributed by atoms with Gasteiger partial charge in [0, 0.05) is 18.7 Å². The zero-order valence-corrected chi connectivity index (χ0v) is 8.13. The number of rotatable bonds is 1. The predicted octanol–water partition coefficient (Wildman–Crippen LogP) is 1.73. The maximum atomic E-state index is 11.6. The Morgan fingerprint density at radius 3 is 2.85 bits per heavy atom. The Kier molecular flexibility index (Phi) is 1.94. The van der Waals surface area contributed by atoms with Gasteiger partial charge in [0.2, 0.25) is 0 Å². The van der Waals surface area contributed by atoms with Crippen molar-refractivity contribution in [3.8, 4) is 0 Å². The van der Waals surface area contributed by atoms with E-state index in [2.05, 4.69) is 12.0 Å². The Balaban J connectivity index is 2.55. The Labute approximate surface area is 77.7 Å². The van der Waals surface area contributed by atoms with Crippen LogP contribution in [0.1, 0.15) is 41.5 Å². The Hall–Kier alpha value is -1.12. The molecule has 1 aliphatic rings. The van der Waals surface area contributed by atoms with Crippen molar-refractivity contribution >= 4 is 5.78 Å². The zero-order valence-electron chi connectivity index (χ0n) is 8.13. The number of carbonyl (C=O) groups excluding carboxylic acids is 1. The number of hydrogen-bond donors (Lipinski definition) is 0. The molecule has 13 heavy (non-hydrogen) atoms. The van der Waals surface area contributed by atoms with E-state index in [9.17, 15) is 4.79 Å². The highest BCUT2D eigenvalue weighted by Gasteiger charge is 2.23. The number of aryl methyl sites for hydroxylation is 2. The highest BCUT2D eigenvalue weighted by Crippen LogP contribution is 2.23. The number of fused-ring (bicyclic) bond motifs is 1. The van der Waals surface area contributed by atoms with Gasteiger partial charge >= 0.3 is 0 Å². The molecule has 3 nitrogen and oxygen atoms in total. The summed E-state index contributed by atoms with van der Waals surface area (Å²) in [5.74, 6) is 0.276. The van der Waals surface area contributed by atoms with Gasteiger partial charge in [0.25, 0.3) is 0 Å². The minimum atomic E-state index is 0.276. The second-order valence-corrected chi connectivity index (χ2v) is 3.50. The number of Topliss-reactive ketones (excluding diaryl/α,β-unsaturated/α-hetero) is 1. The molecular formula is C10H14N2O. The van der Waals surface area contributed by atoms with Crippen LogP contribution in [0.2, 0.25) is 0 Å². The van der Waals surface area contributed by atoms with Crippen LogP contribution in [0.4, 0.5) is 0 Å². The molecule has 2 rings (SSSR count). The largest absolute Gasteiger partial charge is 0.294 e. The van der Waals surface area contributed by atoms with Gasteiger partial charge in [0.05, 0.1) is 11.3 Å². The molecule has 1 aliphatic carbocycles. The first kappa shape index (κ1) is 8.48. The van der Waals surface area contributed by atoms with Crippen LogP contribution < -0.4 is 0 Å². The van der Waals surface area contributed by atoms with E-state index in [0.29, 0.717) is 6.42 Å². The van der Waals surface area contributed by atoms with E-state index in [1.807, 2.05) is 11.6 Å². The van der Waals surface area contributed by atoms with E-state index in [-0.39, 0.29) is 5.78 Å². The van der Waals surface area contributed by atoms with Crippen LogP contribution in [0.15, 0.2) is 0 Å². The molecule has 0 spiro atoms. The van der Waals surface area contributed by atoms with Gasteiger partial charge in [-0.25, -0.2) is 0 Å². The van der Waals surface area contributed by atoms with Gasteiger partial charge in [0.15, 0.2) is 5.78 Å². The highest BCUT2D eigenvalue weighted by atomic mass is 16.1. The Morgan fingerprint density at radius 1 is 1.46 bits per heavy atom. The number of aromatic nitrogens is 2. The van der Waals surface area contributed by atoms with Gasteiger partial charge in [0.1, 0.15) is 0 Å². The summed E-state index contributed by atoms with van der Waals surface area (Å²) in [7, 11) is 0. The highest BCUT2D eigenvalue weighted by molar-refractivity contribution is 5.99. The average Bonchev–Trinajstić information content (AvgIpc) is 2.44. The number of nitrogens with zero attached hydrogens (tertiary/aromatic N) is 2. The van der Waals surface area contributed by atoms with Crippen molar-refractivity contribution in [2.45, 2.75) is 39.7 Å². The molecule has 1 heterocycles. The van der Waals surface area contributed by atoms with E-state index >= 15 is 0 Å². The summed E-state index contributed by atoms with van der Waals surface area (Å²) in [6.07, 6.45) is 2.63. The van der Waals surface area contributed by atoms with Crippen LogP contribution in [0.5, 0.6) is 0 Å². The molecule has 0 unspecified atom stereocenters. The van der Waals surface area contributed by atoms with Crippen molar-refractivity contribution in [2.24, 2.45) is 0 Å². The van der Waals surface area contributed by atoms with Gasteiger partial charge in [-0.05, 0) is 26.7 Å². The lowest BCUT2D eigenvalue weighted by Crippen LogP contribution is -2.10. The third-order valence-electron chi connectivity index (χ3n) is 2.67. The first-order valence-corrected chi connectivity index (χ1v) is 4.83. The number of ketones is 1. The molecule has 3 heteroatoms. The molecule has 0 aliphatic heterocycles. The molecule has 0 N–H and O–H groups in total. The molecule has 0 fully saturated rings. The number of hydrogen-bond acceptors (Lipinski definition) is 2. The van der Waals surface area contributed by atoms with Crippen molar-refractivity contribution in [3.63, 3.8) is 0 Å². The molecular weight excluding hydrogens is 164 g/mol. The molecule has 70 valence electrons. The summed E-state index contributed by atoms with van der Waals surface area (Å²) in [5.41, 5.74) is 2.95. The lowest BCUT2D eigenvalue weighted by molar-refractivity contribution is 0.0972. The molecule has 0 aromatic carbocycles. The van der Waals surface area contributed by atoms with Crippen LogP contribution >= 0.6 is 0 Å². The summed E-state index contributed by atoms with van der Waals surface area (Å²) in [5, 5.41) is 4.42. The van der Waals surface area contributed by atoms with Gasteiger partial charge in [-0.3, -0.25) is 9.48 Å². The van der Waals surface area contributed by atoms with Crippen LogP contribution in [-0.2, 0) is 13.0 Å². The minimum Gasteiger partial charge on any atom is -0.294 e. The third-order valence-corrected chi connectivity index (χ3v) is 2.67. The molecule has 0 saturated heterocycles. The summed E-state index contributed by atoms with van der Waals surface area (Å²) < 4.78 is 1.92. The summed E-state index contributed by atoms with van der Waals surface area (Å²) >= 11 is 0. The standard InChI is InChI=1S/C10H14N2O/c1-3-12-7(2)10-8(11-12)5-4-6-9(10)13/h3-6H2,1-2H3. The van der Waals surface area contributed by atoms with Gasteiger partial charge in [-0.15, -0.1) is 0 Å². The zero-order chi connectivity index (χ0) is 9.42. The second-order valence-electron chi connectivity index (χ2n) is 3.50. The van der Waals surface area contributed by atoms with Crippen LogP contribution in [-0.4, -0.2) is 15.6 Å². The lowest BCUT2D eigenvalue weighted by Gasteiger charge is -2.07. The molecule has 0 atom stereocenters. The fraction of sp³-hybridized carbons (Fsp3) is 0.600. The quantitative estimate of drug-likeness (QED) is 0.656. The van der Waals surface area contributed by atoms with Gasteiger partial charge in [-0.2, -0.15) is 5.10 Å². The van der Waals surface area contributed by atoms with Crippen LogP contribution in [0.3, 0.4) is 0 Å². The van der Waals surface area contributed by atoms with Crippen LogP contribution in [0, 0.1) is 6.92 Å². The summed E-state index contributed by atoms with van der Waals surface area (Å²) in [4.78, 5) is 11.6. The van der Waals surface area contributed by atoms with Crippen LogP contribution in [0.25, 0.3) is 0 Å². The van der Waals surface area contributed by atoms with E-state index < -0.39 is 0 Å². The fourth-order valence-corrected chi connectivity index (χ4v) is 2.00. The van der Waals surface area contributed by atoms with E-state index in [1.165, 1.54) is 0 Å². The lowest BCUT2D eigenvalue weighted by atomic mass is 9.95. The van der Waals surface area contributed by atoms with Gasteiger partial charge < -0.3 is 0 Å². The topological polar surface area (TPSA) is 34.9 Å². The van der Waals surface area contributed by atoms with Crippen molar-refractivity contribution < 1.29 is 4.79 Å². The molecule has 1 aromatic rings. The maximum absolute atomic E-state index is 11.6. The predicted molar refractivity (Wildman–Crippen MR) is 49.9 cm³/mol. The maximum Gasteiger partial charge on any atom is 0.166 e. The van der Waals surface area contributed by atoms with Crippen molar-refractivity contribution in [3.05, 3.63) is 17.0 Å². The Bertz CT molecular complexity index is 352. The summed E-state index contributed by atoms with van der Waals surface area (Å²) in [6, 6.07) is 0. The van der Waals surface area contributed by atoms with Crippen molar-refractivity contribution in [2.75, 3.05) is 0 Å². The summed E-state index contributed by atoms with van der Waals surface area (Å²) in [6.45, 7) is 4.89. The van der Waals surface area contributed by atoms with E-state index in [4.69, 9.17) is 0 Å². The third kappa shape index (κ3) is 1.19. The monoisotopic (exact) mass is 178 g/mol. The number of carbonyl (C=O) groups is 1. The SMILES string of the molecule is CCn1nc2c(c1C)C(=O)CCC2. The minimum absolute atomic E-state index is 0.276. The first-order valence-electron chi connectivity index (χ1n) is 4.83. The van der Waals surface area contributed by atoms with E-state index in [1.54, 1.807) is 0 Å². The molecule has 0 radical (unpaired) electrons. The molecule has 0 amide bonds.